The fraction of sp³-hybridized carbons (Fsp3) is 0.333. The van der Waals surface area contributed by atoms with Crippen LogP contribution in [0, 0.1) is 10.1 Å². The van der Waals surface area contributed by atoms with Crippen LogP contribution >= 0.6 is 23.8 Å². The summed E-state index contributed by atoms with van der Waals surface area (Å²) >= 11 is 10.7. The van der Waals surface area contributed by atoms with Crippen LogP contribution in [0.15, 0.2) is 18.2 Å². The summed E-state index contributed by atoms with van der Waals surface area (Å²) in [6, 6.07) is 3.64. The van der Waals surface area contributed by atoms with Gasteiger partial charge < -0.3 is 10.1 Å². The van der Waals surface area contributed by atoms with Gasteiger partial charge in [0.1, 0.15) is 5.56 Å². The molecule has 1 aromatic carbocycles. The first-order chi connectivity index (χ1) is 10.3. The van der Waals surface area contributed by atoms with Crippen molar-refractivity contribution in [2.45, 2.75) is 13.0 Å². The summed E-state index contributed by atoms with van der Waals surface area (Å²) in [5, 5.41) is 14.1. The number of hydrogen-bond donors (Lipinski definition) is 3. The smallest absolute Gasteiger partial charge is 0.282 e. The minimum Gasteiger partial charge on any atom is -0.383 e. The summed E-state index contributed by atoms with van der Waals surface area (Å²) in [5.74, 6) is -0.724. The second-order valence-corrected chi connectivity index (χ2v) is 5.17. The van der Waals surface area contributed by atoms with Crippen molar-refractivity contribution in [2.75, 3.05) is 13.7 Å². The van der Waals surface area contributed by atoms with Gasteiger partial charge in [-0.3, -0.25) is 25.8 Å². The van der Waals surface area contributed by atoms with E-state index < -0.39 is 10.8 Å². The summed E-state index contributed by atoms with van der Waals surface area (Å²) in [6.07, 6.45) is 0. The van der Waals surface area contributed by atoms with E-state index in [0.717, 1.165) is 6.07 Å². The minimum atomic E-state index is -0.724. The van der Waals surface area contributed by atoms with Gasteiger partial charge in [0, 0.05) is 24.2 Å². The molecule has 120 valence electrons. The molecule has 0 fully saturated rings. The van der Waals surface area contributed by atoms with Crippen molar-refractivity contribution in [1.29, 1.82) is 0 Å². The van der Waals surface area contributed by atoms with Gasteiger partial charge in [-0.2, -0.15) is 0 Å². The predicted molar refractivity (Wildman–Crippen MR) is 85.8 cm³/mol. The lowest BCUT2D eigenvalue weighted by Crippen LogP contribution is -2.50. The molecule has 0 unspecified atom stereocenters. The molecule has 3 N–H and O–H groups in total. The normalized spacial score (nSPS) is 11.4. The molecule has 1 amide bonds. The number of hydrazine groups is 1. The standard InChI is InChI=1S/C12H15ClN4O4S/c1-7(6-21-2)14-12(22)16-15-11(18)9-5-8(13)3-4-10(9)17(19)20/h3-5,7H,6H2,1-2H3,(H,15,18)(H2,14,16,22)/t7-/m1/s1. The van der Waals surface area contributed by atoms with E-state index in [0.29, 0.717) is 6.61 Å². The zero-order valence-corrected chi connectivity index (χ0v) is 13.5. The molecule has 0 aromatic heterocycles. The maximum atomic E-state index is 12.0. The Bertz CT molecular complexity index is 584. The topological polar surface area (TPSA) is 106 Å². The molecule has 0 radical (unpaired) electrons. The Morgan fingerprint density at radius 3 is 2.77 bits per heavy atom. The number of nitrogens with zero attached hydrogens (tertiary/aromatic N) is 1. The molecule has 0 saturated carbocycles. The fourth-order valence-corrected chi connectivity index (χ4v) is 2.01. The van der Waals surface area contributed by atoms with Gasteiger partial charge in [0.25, 0.3) is 11.6 Å². The molecule has 0 spiro atoms. The SMILES string of the molecule is COC[C@@H](C)NC(=S)NNC(=O)c1cc(Cl)ccc1[N+](=O)[O-]. The maximum absolute atomic E-state index is 12.0. The number of nitrogens with one attached hydrogen (secondary N) is 3. The number of rotatable bonds is 5. The van der Waals surface area contributed by atoms with Crippen molar-refractivity contribution < 1.29 is 14.5 Å². The van der Waals surface area contributed by atoms with Gasteiger partial charge >= 0.3 is 0 Å². The number of ether oxygens (including phenoxy) is 1. The van der Waals surface area contributed by atoms with Gasteiger partial charge in [-0.15, -0.1) is 0 Å². The van der Waals surface area contributed by atoms with Gasteiger partial charge in [-0.25, -0.2) is 0 Å². The zero-order valence-electron chi connectivity index (χ0n) is 11.9. The Morgan fingerprint density at radius 1 is 1.50 bits per heavy atom. The monoisotopic (exact) mass is 346 g/mol. The number of amides is 1. The first-order valence-electron chi connectivity index (χ1n) is 6.15. The summed E-state index contributed by atoms with van der Waals surface area (Å²) < 4.78 is 4.93. The van der Waals surface area contributed by atoms with E-state index in [1.807, 2.05) is 6.92 Å². The van der Waals surface area contributed by atoms with E-state index in [1.54, 1.807) is 7.11 Å². The number of thiocarbonyl (C=S) groups is 1. The quantitative estimate of drug-likeness (QED) is 0.420. The number of carbonyl (C=O) groups is 1. The van der Waals surface area contributed by atoms with Gasteiger partial charge in [0.2, 0.25) is 0 Å². The van der Waals surface area contributed by atoms with Crippen LogP contribution in [0.25, 0.3) is 0 Å². The molecule has 1 rings (SSSR count). The minimum absolute atomic E-state index is 0.0672. The Kier molecular flexibility index (Phi) is 6.96. The number of methoxy groups -OCH3 is 1. The van der Waals surface area contributed by atoms with Crippen LogP contribution in [0.4, 0.5) is 5.69 Å². The highest BCUT2D eigenvalue weighted by atomic mass is 35.5. The van der Waals surface area contributed by atoms with Crippen molar-refractivity contribution in [3.05, 3.63) is 38.9 Å². The number of benzene rings is 1. The molecule has 1 atom stereocenters. The first-order valence-corrected chi connectivity index (χ1v) is 6.93. The van der Waals surface area contributed by atoms with Crippen LogP contribution in [-0.2, 0) is 4.74 Å². The van der Waals surface area contributed by atoms with Gasteiger partial charge in [0.15, 0.2) is 5.11 Å². The van der Waals surface area contributed by atoms with Crippen molar-refractivity contribution in [3.8, 4) is 0 Å². The Hall–Kier alpha value is -1.97. The van der Waals surface area contributed by atoms with Gasteiger partial charge in [-0.1, -0.05) is 11.6 Å². The Labute approximate surface area is 137 Å². The largest absolute Gasteiger partial charge is 0.383 e. The van der Waals surface area contributed by atoms with Crippen LogP contribution < -0.4 is 16.2 Å². The van der Waals surface area contributed by atoms with E-state index in [4.69, 9.17) is 28.6 Å². The maximum Gasteiger partial charge on any atom is 0.282 e. The summed E-state index contributed by atoms with van der Waals surface area (Å²) in [6.45, 7) is 2.26. The van der Waals surface area contributed by atoms with E-state index >= 15 is 0 Å². The Morgan fingerprint density at radius 2 is 2.18 bits per heavy atom. The molecule has 0 saturated heterocycles. The summed E-state index contributed by atoms with van der Waals surface area (Å²) in [4.78, 5) is 22.2. The highest BCUT2D eigenvalue weighted by molar-refractivity contribution is 7.80. The third kappa shape index (κ3) is 5.43. The highest BCUT2D eigenvalue weighted by Crippen LogP contribution is 2.22. The predicted octanol–water partition coefficient (Wildman–Crippen LogP) is 1.39. The molecule has 0 bridgehead atoms. The van der Waals surface area contributed by atoms with E-state index in [1.165, 1.54) is 12.1 Å². The molecule has 8 nitrogen and oxygen atoms in total. The molecule has 10 heteroatoms. The third-order valence-electron chi connectivity index (χ3n) is 2.48. The summed E-state index contributed by atoms with van der Waals surface area (Å²) in [7, 11) is 1.55. The highest BCUT2D eigenvalue weighted by Gasteiger charge is 2.20. The molecule has 1 aromatic rings. The van der Waals surface area contributed by atoms with Crippen molar-refractivity contribution in [1.82, 2.24) is 16.2 Å². The van der Waals surface area contributed by atoms with E-state index in [2.05, 4.69) is 16.2 Å². The lowest BCUT2D eigenvalue weighted by Gasteiger charge is -2.16. The zero-order chi connectivity index (χ0) is 16.7. The number of nitro benzene ring substituents is 1. The third-order valence-corrected chi connectivity index (χ3v) is 2.94. The van der Waals surface area contributed by atoms with Gasteiger partial charge in [0.05, 0.1) is 11.5 Å². The molecule has 0 aliphatic heterocycles. The lowest BCUT2D eigenvalue weighted by atomic mass is 10.2. The average molecular weight is 347 g/mol. The molecule has 0 aliphatic carbocycles. The molecule has 0 aliphatic rings. The molecular formula is C12H15ClN4O4S. The molecule has 0 heterocycles. The number of halogens is 1. The fourth-order valence-electron chi connectivity index (χ4n) is 1.58. The van der Waals surface area contributed by atoms with Gasteiger partial charge in [-0.05, 0) is 31.3 Å². The first kappa shape index (κ1) is 18.1. The number of nitro groups is 1. The van der Waals surface area contributed by atoms with Crippen LogP contribution in [0.3, 0.4) is 0 Å². The van der Waals surface area contributed by atoms with Crippen molar-refractivity contribution in [3.63, 3.8) is 0 Å². The number of carbonyl (C=O) groups excluding carboxylic acids is 1. The number of hydrogen-bond acceptors (Lipinski definition) is 5. The van der Waals surface area contributed by atoms with Crippen molar-refractivity contribution in [2.24, 2.45) is 0 Å². The second-order valence-electron chi connectivity index (χ2n) is 4.33. The second kappa shape index (κ2) is 8.47. The van der Waals surface area contributed by atoms with Crippen molar-refractivity contribution >= 4 is 40.5 Å². The van der Waals surface area contributed by atoms with Crippen LogP contribution in [-0.4, -0.2) is 35.7 Å². The Balaban J connectivity index is 2.68. The van der Waals surface area contributed by atoms with E-state index in [-0.39, 0.29) is 27.4 Å². The molecular weight excluding hydrogens is 332 g/mol. The lowest BCUT2D eigenvalue weighted by molar-refractivity contribution is -0.385. The molecule has 22 heavy (non-hydrogen) atoms. The van der Waals surface area contributed by atoms with Crippen LogP contribution in [0.1, 0.15) is 17.3 Å². The average Bonchev–Trinajstić information content (AvgIpc) is 2.44. The van der Waals surface area contributed by atoms with Crippen LogP contribution in [0.5, 0.6) is 0 Å². The summed E-state index contributed by atoms with van der Waals surface area (Å²) in [5.41, 5.74) is 4.21. The van der Waals surface area contributed by atoms with Crippen LogP contribution in [0.2, 0.25) is 5.02 Å². The van der Waals surface area contributed by atoms with E-state index in [9.17, 15) is 14.9 Å².